The van der Waals surface area contributed by atoms with Gasteiger partial charge in [0.05, 0.1) is 12.3 Å². The van der Waals surface area contributed by atoms with Gasteiger partial charge in [0.25, 0.3) is 0 Å². The molecule has 7 heteroatoms. The average Bonchev–Trinajstić information content (AvgIpc) is 2.69. The van der Waals surface area contributed by atoms with Crippen LogP contribution in [0.25, 0.3) is 0 Å². The van der Waals surface area contributed by atoms with Crippen molar-refractivity contribution in [2.45, 2.75) is 33.6 Å². The largest absolute Gasteiger partial charge is 0.492 e. The number of anilines is 2. The molecular formula is C21H29N5O2. The van der Waals surface area contributed by atoms with Gasteiger partial charge in [-0.05, 0) is 26.0 Å². The van der Waals surface area contributed by atoms with E-state index in [2.05, 4.69) is 29.0 Å². The van der Waals surface area contributed by atoms with Gasteiger partial charge in [-0.25, -0.2) is 14.8 Å². The summed E-state index contributed by atoms with van der Waals surface area (Å²) in [6.07, 6.45) is 0. The molecule has 2 heterocycles. The summed E-state index contributed by atoms with van der Waals surface area (Å²) in [6, 6.07) is 9.42. The molecule has 1 fully saturated rings. The van der Waals surface area contributed by atoms with E-state index in [4.69, 9.17) is 9.72 Å². The number of carbonyl (C=O) groups is 1. The zero-order valence-electron chi connectivity index (χ0n) is 17.1. The molecule has 2 amide bonds. The van der Waals surface area contributed by atoms with Gasteiger partial charge in [-0.3, -0.25) is 0 Å². The third-order valence-corrected chi connectivity index (χ3v) is 4.69. The van der Waals surface area contributed by atoms with E-state index in [0.717, 1.165) is 30.4 Å². The molecule has 0 bridgehead atoms. The first-order chi connectivity index (χ1) is 13.5. The van der Waals surface area contributed by atoms with E-state index in [0.29, 0.717) is 31.1 Å². The van der Waals surface area contributed by atoms with E-state index in [9.17, 15) is 4.79 Å². The summed E-state index contributed by atoms with van der Waals surface area (Å²) >= 11 is 0. The first kappa shape index (κ1) is 19.9. The molecule has 1 aromatic carbocycles. The maximum Gasteiger partial charge on any atom is 0.322 e. The maximum absolute atomic E-state index is 12.7. The van der Waals surface area contributed by atoms with Crippen molar-refractivity contribution >= 4 is 17.5 Å². The fraction of sp³-hybridized carbons (Fsp3) is 0.476. The highest BCUT2D eigenvalue weighted by atomic mass is 16.5. The molecule has 1 saturated heterocycles. The number of benzene rings is 1. The van der Waals surface area contributed by atoms with Gasteiger partial charge in [0.2, 0.25) is 0 Å². The van der Waals surface area contributed by atoms with Crippen LogP contribution in [0.4, 0.5) is 16.3 Å². The van der Waals surface area contributed by atoms with Gasteiger partial charge >= 0.3 is 6.03 Å². The number of nitrogens with one attached hydrogen (secondary N) is 1. The van der Waals surface area contributed by atoms with Crippen LogP contribution in [0.3, 0.4) is 0 Å². The monoisotopic (exact) mass is 383 g/mol. The minimum atomic E-state index is -0.103. The average molecular weight is 383 g/mol. The zero-order valence-corrected chi connectivity index (χ0v) is 17.1. The number of hydrogen-bond donors (Lipinski definition) is 1. The molecule has 1 aliphatic rings. The highest BCUT2D eigenvalue weighted by Gasteiger charge is 2.23. The second kappa shape index (κ2) is 8.91. The number of rotatable bonds is 5. The Hall–Kier alpha value is -2.83. The lowest BCUT2D eigenvalue weighted by Crippen LogP contribution is -2.50. The Morgan fingerprint density at radius 2 is 1.89 bits per heavy atom. The maximum atomic E-state index is 12.7. The van der Waals surface area contributed by atoms with Crippen LogP contribution >= 0.6 is 0 Å². The Morgan fingerprint density at radius 3 is 2.57 bits per heavy atom. The molecule has 0 saturated carbocycles. The molecule has 2 aromatic rings. The highest BCUT2D eigenvalue weighted by Crippen LogP contribution is 2.24. The highest BCUT2D eigenvalue weighted by molar-refractivity contribution is 5.91. The van der Waals surface area contributed by atoms with Crippen molar-refractivity contribution in [3.63, 3.8) is 0 Å². The van der Waals surface area contributed by atoms with E-state index >= 15 is 0 Å². The number of para-hydroxylation sites is 2. The Kier molecular flexibility index (Phi) is 6.34. The zero-order chi connectivity index (χ0) is 20.1. The standard InChI is InChI=1S/C21H29N5O2/c1-5-28-18-9-7-6-8-17(18)23-21(27)26-12-10-25(11-13-26)19-14-16(4)22-20(24-19)15(2)3/h6-9,14-15H,5,10-13H2,1-4H3,(H,23,27). The lowest BCUT2D eigenvalue weighted by atomic mass is 10.2. The van der Waals surface area contributed by atoms with Crippen LogP contribution in [-0.4, -0.2) is 53.7 Å². The number of urea groups is 1. The van der Waals surface area contributed by atoms with Gasteiger partial charge in [-0.2, -0.15) is 0 Å². The molecule has 7 nitrogen and oxygen atoms in total. The molecule has 1 aliphatic heterocycles. The van der Waals surface area contributed by atoms with Crippen LogP contribution in [0, 0.1) is 6.92 Å². The predicted molar refractivity (Wildman–Crippen MR) is 111 cm³/mol. The van der Waals surface area contributed by atoms with Crippen LogP contribution in [0.1, 0.15) is 38.2 Å². The molecule has 28 heavy (non-hydrogen) atoms. The van der Waals surface area contributed by atoms with Gasteiger partial charge in [-0.15, -0.1) is 0 Å². The number of piperazine rings is 1. The van der Waals surface area contributed by atoms with Crippen molar-refractivity contribution in [1.82, 2.24) is 14.9 Å². The smallest absolute Gasteiger partial charge is 0.322 e. The van der Waals surface area contributed by atoms with E-state index in [-0.39, 0.29) is 11.9 Å². The third-order valence-electron chi connectivity index (χ3n) is 4.69. The number of hydrogen-bond acceptors (Lipinski definition) is 5. The van der Waals surface area contributed by atoms with Crippen LogP contribution in [-0.2, 0) is 0 Å². The van der Waals surface area contributed by atoms with Gasteiger partial charge in [-0.1, -0.05) is 26.0 Å². The van der Waals surface area contributed by atoms with E-state index in [1.54, 1.807) is 0 Å². The minimum Gasteiger partial charge on any atom is -0.492 e. The number of amides is 2. The molecule has 0 spiro atoms. The quantitative estimate of drug-likeness (QED) is 0.853. The van der Waals surface area contributed by atoms with Crippen LogP contribution in [0.2, 0.25) is 0 Å². The normalized spacial score (nSPS) is 14.3. The summed E-state index contributed by atoms with van der Waals surface area (Å²) in [5, 5.41) is 2.97. The lowest BCUT2D eigenvalue weighted by Gasteiger charge is -2.35. The number of aryl methyl sites for hydroxylation is 1. The molecule has 150 valence electrons. The summed E-state index contributed by atoms with van der Waals surface area (Å²) in [6.45, 7) is 11.5. The van der Waals surface area contributed by atoms with E-state index < -0.39 is 0 Å². The van der Waals surface area contributed by atoms with Crippen LogP contribution in [0.15, 0.2) is 30.3 Å². The second-order valence-corrected chi connectivity index (χ2v) is 7.21. The fourth-order valence-electron chi connectivity index (χ4n) is 3.18. The Morgan fingerprint density at radius 1 is 1.18 bits per heavy atom. The Balaban J connectivity index is 1.62. The first-order valence-corrected chi connectivity index (χ1v) is 9.86. The lowest BCUT2D eigenvalue weighted by molar-refractivity contribution is 0.208. The molecule has 0 aliphatic carbocycles. The van der Waals surface area contributed by atoms with Crippen molar-refractivity contribution in [1.29, 1.82) is 0 Å². The Bertz CT molecular complexity index is 816. The fourth-order valence-corrected chi connectivity index (χ4v) is 3.18. The topological polar surface area (TPSA) is 70.6 Å². The van der Waals surface area contributed by atoms with Crippen LogP contribution in [0.5, 0.6) is 5.75 Å². The van der Waals surface area contributed by atoms with Crippen molar-refractivity contribution in [3.8, 4) is 5.75 Å². The summed E-state index contributed by atoms with van der Waals surface area (Å²) in [5.41, 5.74) is 1.67. The number of nitrogens with zero attached hydrogens (tertiary/aromatic N) is 4. The van der Waals surface area contributed by atoms with Gasteiger partial charge in [0.15, 0.2) is 0 Å². The molecule has 1 aromatic heterocycles. The molecule has 0 atom stereocenters. The number of aromatic nitrogens is 2. The van der Waals surface area contributed by atoms with Gasteiger partial charge < -0.3 is 19.9 Å². The molecular weight excluding hydrogens is 354 g/mol. The molecule has 3 rings (SSSR count). The number of carbonyl (C=O) groups excluding carboxylic acids is 1. The number of ether oxygens (including phenoxy) is 1. The van der Waals surface area contributed by atoms with Crippen molar-refractivity contribution in [3.05, 3.63) is 41.9 Å². The minimum absolute atomic E-state index is 0.103. The van der Waals surface area contributed by atoms with Crippen molar-refractivity contribution < 1.29 is 9.53 Å². The summed E-state index contributed by atoms with van der Waals surface area (Å²) in [5.74, 6) is 2.78. The third kappa shape index (κ3) is 4.71. The summed E-state index contributed by atoms with van der Waals surface area (Å²) in [7, 11) is 0. The van der Waals surface area contributed by atoms with Crippen LogP contribution < -0.4 is 15.0 Å². The van der Waals surface area contributed by atoms with Gasteiger partial charge in [0.1, 0.15) is 17.4 Å². The molecule has 0 unspecified atom stereocenters. The van der Waals surface area contributed by atoms with Crippen molar-refractivity contribution in [2.75, 3.05) is 43.0 Å². The predicted octanol–water partition coefficient (Wildman–Crippen LogP) is 3.66. The second-order valence-electron chi connectivity index (χ2n) is 7.21. The summed E-state index contributed by atoms with van der Waals surface area (Å²) in [4.78, 5) is 26.0. The van der Waals surface area contributed by atoms with Gasteiger partial charge in [0, 0.05) is 43.9 Å². The molecule has 0 radical (unpaired) electrons. The Labute approximate surface area is 166 Å². The summed E-state index contributed by atoms with van der Waals surface area (Å²) < 4.78 is 5.59. The first-order valence-electron chi connectivity index (χ1n) is 9.86. The van der Waals surface area contributed by atoms with E-state index in [1.165, 1.54) is 0 Å². The molecule has 1 N–H and O–H groups in total. The van der Waals surface area contributed by atoms with Crippen molar-refractivity contribution in [2.24, 2.45) is 0 Å². The SMILES string of the molecule is CCOc1ccccc1NC(=O)N1CCN(c2cc(C)nc(C(C)C)n2)CC1. The van der Waals surface area contributed by atoms with E-state index in [1.807, 2.05) is 49.1 Å².